The van der Waals surface area contributed by atoms with Gasteiger partial charge in [-0.2, -0.15) is 0 Å². The minimum atomic E-state index is 0.0592. The lowest BCUT2D eigenvalue weighted by Crippen LogP contribution is -2.41. The van der Waals surface area contributed by atoms with Gasteiger partial charge in [-0.15, -0.1) is 0 Å². The summed E-state index contributed by atoms with van der Waals surface area (Å²) in [5.41, 5.74) is 0. The van der Waals surface area contributed by atoms with Crippen LogP contribution < -0.4 is 5.32 Å². The van der Waals surface area contributed by atoms with Gasteiger partial charge in [0.2, 0.25) is 0 Å². The molecule has 0 saturated carbocycles. The van der Waals surface area contributed by atoms with E-state index >= 15 is 0 Å². The minimum absolute atomic E-state index is 0.0592. The van der Waals surface area contributed by atoms with Crippen LogP contribution >= 0.6 is 0 Å². The lowest BCUT2D eigenvalue weighted by Gasteiger charge is -2.19. The van der Waals surface area contributed by atoms with Gasteiger partial charge in [-0.1, -0.05) is 13.3 Å². The smallest absolute Gasteiger partial charge is 0.317 e. The van der Waals surface area contributed by atoms with Crippen molar-refractivity contribution in [2.24, 2.45) is 0 Å². The Morgan fingerprint density at radius 3 is 3.07 bits per heavy atom. The average Bonchev–Trinajstić information content (AvgIpc) is 2.46. The van der Waals surface area contributed by atoms with Gasteiger partial charge in [-0.25, -0.2) is 4.79 Å². The molecule has 0 spiro atoms. The molecule has 0 atom stereocenters. The predicted octanol–water partition coefficient (Wildman–Crippen LogP) is 1.22. The third kappa shape index (κ3) is 3.96. The van der Waals surface area contributed by atoms with Crippen molar-refractivity contribution < 1.29 is 9.53 Å². The van der Waals surface area contributed by atoms with Crippen molar-refractivity contribution in [3.05, 3.63) is 0 Å². The Balaban J connectivity index is 2.20. The van der Waals surface area contributed by atoms with Gasteiger partial charge in [-0.3, -0.25) is 0 Å². The molecule has 4 heteroatoms. The Morgan fingerprint density at radius 1 is 1.43 bits per heavy atom. The normalized spacial score (nSPS) is 17.6. The second-order valence-corrected chi connectivity index (χ2v) is 3.54. The number of unbranched alkanes of at least 4 members (excludes halogenated alkanes) is 1. The maximum absolute atomic E-state index is 11.6. The molecule has 0 aromatic carbocycles. The maximum Gasteiger partial charge on any atom is 0.317 e. The fraction of sp³-hybridized carbons (Fsp3) is 0.900. The Labute approximate surface area is 85.6 Å². The molecule has 1 heterocycles. The zero-order valence-corrected chi connectivity index (χ0v) is 8.92. The molecule has 0 aromatic rings. The fourth-order valence-corrected chi connectivity index (χ4v) is 1.43. The first-order chi connectivity index (χ1) is 6.84. The van der Waals surface area contributed by atoms with Gasteiger partial charge in [0.1, 0.15) is 0 Å². The largest absolute Gasteiger partial charge is 0.380 e. The van der Waals surface area contributed by atoms with Crippen LogP contribution in [0.3, 0.4) is 0 Å². The fourth-order valence-electron chi connectivity index (χ4n) is 1.43. The van der Waals surface area contributed by atoms with Gasteiger partial charge in [0, 0.05) is 26.2 Å². The molecule has 2 amide bonds. The minimum Gasteiger partial charge on any atom is -0.380 e. The molecule has 1 aliphatic heterocycles. The van der Waals surface area contributed by atoms with Crippen LogP contribution in [-0.2, 0) is 4.74 Å². The molecule has 0 aromatic heterocycles. The van der Waals surface area contributed by atoms with Crippen molar-refractivity contribution >= 4 is 6.03 Å². The van der Waals surface area contributed by atoms with E-state index < -0.39 is 0 Å². The number of hydrogen-bond donors (Lipinski definition) is 1. The molecular weight excluding hydrogens is 180 g/mol. The number of amides is 2. The monoisotopic (exact) mass is 200 g/mol. The van der Waals surface area contributed by atoms with E-state index in [2.05, 4.69) is 12.2 Å². The van der Waals surface area contributed by atoms with Gasteiger partial charge in [0.05, 0.1) is 6.61 Å². The number of carbonyl (C=O) groups excluding carboxylic acids is 1. The van der Waals surface area contributed by atoms with E-state index in [4.69, 9.17) is 4.74 Å². The van der Waals surface area contributed by atoms with Crippen molar-refractivity contribution in [2.45, 2.75) is 26.2 Å². The van der Waals surface area contributed by atoms with Crippen molar-refractivity contribution in [3.63, 3.8) is 0 Å². The van der Waals surface area contributed by atoms with Crippen LogP contribution in [0.15, 0.2) is 0 Å². The Bertz CT molecular complexity index is 166. The number of rotatable bonds is 3. The van der Waals surface area contributed by atoms with E-state index in [1.54, 1.807) is 0 Å². The second kappa shape index (κ2) is 6.65. The van der Waals surface area contributed by atoms with Gasteiger partial charge in [0.15, 0.2) is 0 Å². The van der Waals surface area contributed by atoms with Crippen molar-refractivity contribution in [1.29, 1.82) is 0 Å². The van der Waals surface area contributed by atoms with E-state index in [1.165, 1.54) is 0 Å². The second-order valence-electron chi connectivity index (χ2n) is 3.54. The van der Waals surface area contributed by atoms with Crippen molar-refractivity contribution in [1.82, 2.24) is 10.2 Å². The van der Waals surface area contributed by atoms with E-state index in [-0.39, 0.29) is 6.03 Å². The number of ether oxygens (including phenoxy) is 1. The highest BCUT2D eigenvalue weighted by molar-refractivity contribution is 5.74. The third-order valence-electron chi connectivity index (χ3n) is 2.32. The first kappa shape index (κ1) is 11.3. The summed E-state index contributed by atoms with van der Waals surface area (Å²) < 4.78 is 5.28. The maximum atomic E-state index is 11.6. The number of hydrogen-bond acceptors (Lipinski definition) is 2. The van der Waals surface area contributed by atoms with E-state index in [0.29, 0.717) is 6.61 Å². The van der Waals surface area contributed by atoms with Gasteiger partial charge in [0.25, 0.3) is 0 Å². The highest BCUT2D eigenvalue weighted by atomic mass is 16.5. The van der Waals surface area contributed by atoms with Crippen LogP contribution in [-0.4, -0.2) is 43.8 Å². The lowest BCUT2D eigenvalue weighted by atomic mass is 10.3. The zero-order valence-electron chi connectivity index (χ0n) is 8.92. The number of urea groups is 1. The lowest BCUT2D eigenvalue weighted by molar-refractivity contribution is 0.142. The topological polar surface area (TPSA) is 41.6 Å². The Hall–Kier alpha value is -0.770. The first-order valence-electron chi connectivity index (χ1n) is 5.45. The molecule has 0 radical (unpaired) electrons. The first-order valence-corrected chi connectivity index (χ1v) is 5.45. The quantitative estimate of drug-likeness (QED) is 0.696. The van der Waals surface area contributed by atoms with E-state index in [1.807, 2.05) is 4.90 Å². The van der Waals surface area contributed by atoms with Gasteiger partial charge >= 0.3 is 6.03 Å². The summed E-state index contributed by atoms with van der Waals surface area (Å²) in [6, 6.07) is 0.0592. The van der Waals surface area contributed by atoms with Crippen molar-refractivity contribution in [2.75, 3.05) is 32.8 Å². The molecule has 4 nitrogen and oxygen atoms in total. The van der Waals surface area contributed by atoms with Gasteiger partial charge < -0.3 is 15.0 Å². The van der Waals surface area contributed by atoms with Crippen LogP contribution in [0.1, 0.15) is 26.2 Å². The molecule has 0 bridgehead atoms. The van der Waals surface area contributed by atoms with Gasteiger partial charge in [-0.05, 0) is 12.8 Å². The molecule has 1 fully saturated rings. The SMILES string of the molecule is CCCCNC(=O)N1CCCOCC1. The zero-order chi connectivity index (χ0) is 10.2. The molecule has 1 rings (SSSR count). The summed E-state index contributed by atoms with van der Waals surface area (Å²) in [4.78, 5) is 13.4. The number of nitrogens with one attached hydrogen (secondary N) is 1. The summed E-state index contributed by atoms with van der Waals surface area (Å²) in [7, 11) is 0. The van der Waals surface area contributed by atoms with E-state index in [9.17, 15) is 4.79 Å². The van der Waals surface area contributed by atoms with Crippen molar-refractivity contribution in [3.8, 4) is 0 Å². The van der Waals surface area contributed by atoms with E-state index in [0.717, 1.165) is 45.5 Å². The molecule has 1 N–H and O–H groups in total. The van der Waals surface area contributed by atoms with Crippen LogP contribution in [0.25, 0.3) is 0 Å². The van der Waals surface area contributed by atoms with Crippen LogP contribution in [0.2, 0.25) is 0 Å². The molecule has 0 aliphatic carbocycles. The molecule has 1 aliphatic rings. The summed E-state index contributed by atoms with van der Waals surface area (Å²) in [6.45, 7) is 5.88. The van der Waals surface area contributed by atoms with Crippen LogP contribution in [0.5, 0.6) is 0 Å². The standard InChI is InChI=1S/C10H20N2O2/c1-2-3-5-11-10(13)12-6-4-8-14-9-7-12/h2-9H2,1H3,(H,11,13). The third-order valence-corrected chi connectivity index (χ3v) is 2.32. The summed E-state index contributed by atoms with van der Waals surface area (Å²) in [6.07, 6.45) is 3.11. The number of nitrogens with zero attached hydrogens (tertiary/aromatic N) is 1. The Morgan fingerprint density at radius 2 is 2.29 bits per heavy atom. The molecule has 82 valence electrons. The highest BCUT2D eigenvalue weighted by Gasteiger charge is 2.14. The summed E-state index contributed by atoms with van der Waals surface area (Å²) >= 11 is 0. The summed E-state index contributed by atoms with van der Waals surface area (Å²) in [5.74, 6) is 0. The molecule has 14 heavy (non-hydrogen) atoms. The highest BCUT2D eigenvalue weighted by Crippen LogP contribution is 1.99. The molecular formula is C10H20N2O2. The number of carbonyl (C=O) groups is 1. The Kier molecular flexibility index (Phi) is 5.37. The molecule has 1 saturated heterocycles. The summed E-state index contributed by atoms with van der Waals surface area (Å²) in [5, 5.41) is 2.91. The predicted molar refractivity (Wildman–Crippen MR) is 55.3 cm³/mol. The van der Waals surface area contributed by atoms with Crippen LogP contribution in [0, 0.1) is 0 Å². The average molecular weight is 200 g/mol. The van der Waals surface area contributed by atoms with Crippen LogP contribution in [0.4, 0.5) is 4.79 Å². The molecule has 0 unspecified atom stereocenters.